The van der Waals surface area contributed by atoms with E-state index in [0.29, 0.717) is 0 Å². The summed E-state index contributed by atoms with van der Waals surface area (Å²) in [6, 6.07) is 37.9. The van der Waals surface area contributed by atoms with E-state index < -0.39 is 0 Å². The van der Waals surface area contributed by atoms with E-state index in [1.165, 1.54) is 21.9 Å². The highest BCUT2D eigenvalue weighted by molar-refractivity contribution is 6.30. The summed E-state index contributed by atoms with van der Waals surface area (Å²) in [5.41, 5.74) is 7.53. The Balaban J connectivity index is 1.46. The summed E-state index contributed by atoms with van der Waals surface area (Å²) in [5.74, 6) is 0. The minimum atomic E-state index is 0.731. The molecule has 0 unspecified atom stereocenters. The van der Waals surface area contributed by atoms with Crippen LogP contribution in [0.15, 0.2) is 114 Å². The minimum Gasteiger partial charge on any atom is -0.456 e. The van der Waals surface area contributed by atoms with Gasteiger partial charge in [-0.1, -0.05) is 66.2 Å². The van der Waals surface area contributed by atoms with E-state index in [2.05, 4.69) is 83.4 Å². The fourth-order valence-electron chi connectivity index (χ4n) is 4.95. The number of benzene rings is 5. The Bertz CT molecular complexity index is 1840. The lowest BCUT2D eigenvalue weighted by atomic mass is 10.0. The minimum absolute atomic E-state index is 0.731. The van der Waals surface area contributed by atoms with Crippen LogP contribution in [-0.4, -0.2) is 4.57 Å². The molecule has 7 rings (SSSR count). The highest BCUT2D eigenvalue weighted by Crippen LogP contribution is 2.37. The molecule has 5 aromatic carbocycles. The third kappa shape index (κ3) is 2.81. The van der Waals surface area contributed by atoms with Gasteiger partial charge in [0.15, 0.2) is 0 Å². The van der Waals surface area contributed by atoms with Crippen molar-refractivity contribution in [1.82, 2.24) is 4.57 Å². The number of halogens is 1. The quantitative estimate of drug-likeness (QED) is 0.260. The molecule has 7 aromatic rings. The van der Waals surface area contributed by atoms with Gasteiger partial charge in [0.05, 0.1) is 11.0 Å². The highest BCUT2D eigenvalue weighted by Gasteiger charge is 2.14. The molecule has 3 heteroatoms. The van der Waals surface area contributed by atoms with Gasteiger partial charge in [-0.25, -0.2) is 0 Å². The molecule has 0 aliphatic carbocycles. The Kier molecular flexibility index (Phi) is 3.93. The van der Waals surface area contributed by atoms with Gasteiger partial charge < -0.3 is 8.98 Å². The van der Waals surface area contributed by atoms with E-state index in [-0.39, 0.29) is 0 Å². The van der Waals surface area contributed by atoms with Gasteiger partial charge in [0.1, 0.15) is 11.2 Å². The van der Waals surface area contributed by atoms with Crippen LogP contribution >= 0.6 is 11.6 Å². The second-order valence-corrected chi connectivity index (χ2v) is 8.81. The van der Waals surface area contributed by atoms with Crippen molar-refractivity contribution in [2.45, 2.75) is 0 Å². The number of fused-ring (bicyclic) bond motifs is 6. The van der Waals surface area contributed by atoms with Crippen LogP contribution in [0.5, 0.6) is 0 Å². The Labute approximate surface area is 195 Å². The zero-order chi connectivity index (χ0) is 21.9. The highest BCUT2D eigenvalue weighted by atomic mass is 35.5. The maximum atomic E-state index is 6.32. The standard InChI is InChI=1S/C30H18ClNO/c31-21-6-5-7-22(18-21)32-27-10-3-1-8-23(27)26-16-19(13-15-28(26)32)20-12-14-25-24-9-2-4-11-29(24)33-30(25)17-20/h1-18H. The molecule has 0 fully saturated rings. The van der Waals surface area contributed by atoms with Gasteiger partial charge in [-0.05, 0) is 65.7 Å². The number of hydrogen-bond acceptors (Lipinski definition) is 1. The second-order valence-electron chi connectivity index (χ2n) is 8.37. The molecular weight excluding hydrogens is 426 g/mol. The van der Waals surface area contributed by atoms with Crippen molar-refractivity contribution in [3.63, 3.8) is 0 Å². The van der Waals surface area contributed by atoms with Crippen LogP contribution in [0, 0.1) is 0 Å². The average molecular weight is 444 g/mol. The molecule has 2 heterocycles. The topological polar surface area (TPSA) is 18.1 Å². The van der Waals surface area contributed by atoms with Gasteiger partial charge in [0, 0.05) is 32.3 Å². The first-order chi connectivity index (χ1) is 16.3. The largest absolute Gasteiger partial charge is 0.456 e. The van der Waals surface area contributed by atoms with E-state index in [1.807, 2.05) is 30.3 Å². The Morgan fingerprint density at radius 3 is 2.15 bits per heavy atom. The Hall–Kier alpha value is -4.01. The molecule has 33 heavy (non-hydrogen) atoms. The number of hydrogen-bond donors (Lipinski definition) is 0. The first-order valence-electron chi connectivity index (χ1n) is 11.0. The molecule has 0 aliphatic heterocycles. The molecule has 0 N–H and O–H groups in total. The average Bonchev–Trinajstić information content (AvgIpc) is 3.39. The zero-order valence-corrected chi connectivity index (χ0v) is 18.4. The van der Waals surface area contributed by atoms with E-state index >= 15 is 0 Å². The lowest BCUT2D eigenvalue weighted by Crippen LogP contribution is -1.93. The summed E-state index contributed by atoms with van der Waals surface area (Å²) < 4.78 is 8.41. The predicted octanol–water partition coefficient (Wildman–Crippen LogP) is 9.00. The summed E-state index contributed by atoms with van der Waals surface area (Å²) in [7, 11) is 0. The summed E-state index contributed by atoms with van der Waals surface area (Å²) in [5, 5.41) is 5.47. The van der Waals surface area contributed by atoms with Gasteiger partial charge in [-0.15, -0.1) is 0 Å². The summed E-state index contributed by atoms with van der Waals surface area (Å²) in [6.45, 7) is 0. The van der Waals surface area contributed by atoms with Crippen LogP contribution in [0.1, 0.15) is 0 Å². The number of furan rings is 1. The molecular formula is C30H18ClNO. The van der Waals surface area contributed by atoms with Crippen LogP contribution in [0.4, 0.5) is 0 Å². The smallest absolute Gasteiger partial charge is 0.136 e. The van der Waals surface area contributed by atoms with Crippen LogP contribution in [0.2, 0.25) is 5.02 Å². The first-order valence-corrected chi connectivity index (χ1v) is 11.3. The molecule has 0 atom stereocenters. The maximum absolute atomic E-state index is 6.32. The van der Waals surface area contributed by atoms with E-state index in [1.54, 1.807) is 0 Å². The first kappa shape index (κ1) is 18.6. The molecule has 2 aromatic heterocycles. The SMILES string of the molecule is Clc1cccc(-n2c3ccccc3c3cc(-c4ccc5c(c4)oc4ccccc45)ccc32)c1. The van der Waals surface area contributed by atoms with E-state index in [4.69, 9.17) is 16.0 Å². The van der Waals surface area contributed by atoms with Crippen LogP contribution < -0.4 is 0 Å². The van der Waals surface area contributed by atoms with Crippen molar-refractivity contribution in [2.75, 3.05) is 0 Å². The molecule has 0 saturated carbocycles. The van der Waals surface area contributed by atoms with Gasteiger partial charge >= 0.3 is 0 Å². The molecule has 0 spiro atoms. The lowest BCUT2D eigenvalue weighted by Gasteiger charge is -2.08. The number of rotatable bonds is 2. The summed E-state index contributed by atoms with van der Waals surface area (Å²) in [6.07, 6.45) is 0. The molecule has 2 nitrogen and oxygen atoms in total. The summed E-state index contributed by atoms with van der Waals surface area (Å²) in [4.78, 5) is 0. The third-order valence-electron chi connectivity index (χ3n) is 6.45. The predicted molar refractivity (Wildman–Crippen MR) is 139 cm³/mol. The van der Waals surface area contributed by atoms with Crippen molar-refractivity contribution in [1.29, 1.82) is 0 Å². The van der Waals surface area contributed by atoms with Gasteiger partial charge in [0.25, 0.3) is 0 Å². The molecule has 0 aliphatic rings. The zero-order valence-electron chi connectivity index (χ0n) is 17.6. The number of aromatic nitrogens is 1. The normalized spacial score (nSPS) is 11.8. The van der Waals surface area contributed by atoms with Crippen LogP contribution in [0.3, 0.4) is 0 Å². The molecule has 0 saturated heterocycles. The van der Waals surface area contributed by atoms with Crippen molar-refractivity contribution >= 4 is 55.3 Å². The van der Waals surface area contributed by atoms with E-state index in [9.17, 15) is 0 Å². The monoisotopic (exact) mass is 443 g/mol. The summed E-state index contributed by atoms with van der Waals surface area (Å²) >= 11 is 6.32. The van der Waals surface area contributed by atoms with Crippen molar-refractivity contribution in [2.24, 2.45) is 0 Å². The van der Waals surface area contributed by atoms with Gasteiger partial charge in [-0.2, -0.15) is 0 Å². The van der Waals surface area contributed by atoms with Crippen molar-refractivity contribution in [3.8, 4) is 16.8 Å². The number of para-hydroxylation sites is 2. The molecule has 0 amide bonds. The fraction of sp³-hybridized carbons (Fsp3) is 0. The van der Waals surface area contributed by atoms with E-state index in [0.717, 1.165) is 43.7 Å². The Morgan fingerprint density at radius 1 is 0.515 bits per heavy atom. The lowest BCUT2D eigenvalue weighted by molar-refractivity contribution is 0.669. The molecule has 0 bridgehead atoms. The third-order valence-corrected chi connectivity index (χ3v) is 6.69. The maximum Gasteiger partial charge on any atom is 0.136 e. The fourth-order valence-corrected chi connectivity index (χ4v) is 5.14. The van der Waals surface area contributed by atoms with Crippen LogP contribution in [0.25, 0.3) is 60.6 Å². The van der Waals surface area contributed by atoms with Gasteiger partial charge in [-0.3, -0.25) is 0 Å². The van der Waals surface area contributed by atoms with Crippen LogP contribution in [-0.2, 0) is 0 Å². The second kappa shape index (κ2) is 6.99. The Morgan fingerprint density at radius 2 is 1.24 bits per heavy atom. The molecule has 156 valence electrons. The van der Waals surface area contributed by atoms with Gasteiger partial charge in [0.2, 0.25) is 0 Å². The molecule has 0 radical (unpaired) electrons. The van der Waals surface area contributed by atoms with Crippen molar-refractivity contribution < 1.29 is 4.42 Å². The van der Waals surface area contributed by atoms with Crippen molar-refractivity contribution in [3.05, 3.63) is 114 Å². The number of nitrogens with zero attached hydrogens (tertiary/aromatic N) is 1.